The lowest BCUT2D eigenvalue weighted by Gasteiger charge is -2.58. The number of carbonyl (C=O) groups excluding carboxylic acids is 1. The maximum absolute atomic E-state index is 12.4. The third-order valence-corrected chi connectivity index (χ3v) is 8.47. The van der Waals surface area contributed by atoms with Gasteiger partial charge >= 0.3 is 6.09 Å². The van der Waals surface area contributed by atoms with Crippen molar-refractivity contribution in [3.05, 3.63) is 11.3 Å². The van der Waals surface area contributed by atoms with Crippen LogP contribution in [0, 0.1) is 19.3 Å². The minimum atomic E-state index is -0.442. The minimum Gasteiger partial charge on any atom is -0.444 e. The van der Waals surface area contributed by atoms with Crippen molar-refractivity contribution >= 4 is 11.9 Å². The Morgan fingerprint density at radius 2 is 1.84 bits per heavy atom. The zero-order valence-electron chi connectivity index (χ0n) is 25.1. The van der Waals surface area contributed by atoms with Crippen molar-refractivity contribution in [2.45, 2.75) is 98.4 Å². The molecule has 2 unspecified atom stereocenters. The lowest BCUT2D eigenvalue weighted by atomic mass is 9.61. The number of anilines is 1. The molecule has 1 aromatic rings. The number of hydrogen-bond acceptors (Lipinski definition) is 7. The van der Waals surface area contributed by atoms with Crippen LogP contribution >= 0.6 is 0 Å². The van der Waals surface area contributed by atoms with Gasteiger partial charge in [-0.3, -0.25) is 9.58 Å². The Morgan fingerprint density at radius 1 is 1.13 bits per heavy atom. The summed E-state index contributed by atoms with van der Waals surface area (Å²) in [7, 11) is 0. The zero-order chi connectivity index (χ0) is 27.7. The number of rotatable bonds is 5. The highest BCUT2D eigenvalue weighted by molar-refractivity contribution is 5.69. The Labute approximate surface area is 229 Å². The third kappa shape index (κ3) is 6.15. The second-order valence-corrected chi connectivity index (χ2v) is 12.5. The van der Waals surface area contributed by atoms with Gasteiger partial charge in [0.25, 0.3) is 0 Å². The zero-order valence-corrected chi connectivity index (χ0v) is 25.1. The van der Waals surface area contributed by atoms with E-state index in [9.17, 15) is 4.79 Å². The van der Waals surface area contributed by atoms with Crippen LogP contribution in [-0.4, -0.2) is 103 Å². The smallest absolute Gasteiger partial charge is 0.410 e. The average molecular weight is 534 g/mol. The van der Waals surface area contributed by atoms with Gasteiger partial charge < -0.3 is 24.0 Å². The van der Waals surface area contributed by atoms with Gasteiger partial charge in [-0.1, -0.05) is 20.8 Å². The van der Waals surface area contributed by atoms with E-state index >= 15 is 0 Å². The first-order valence-corrected chi connectivity index (χ1v) is 14.8. The first-order valence-electron chi connectivity index (χ1n) is 14.8. The van der Waals surface area contributed by atoms with Crippen LogP contribution < -0.4 is 4.90 Å². The van der Waals surface area contributed by atoms with Crippen LogP contribution in [0.2, 0.25) is 0 Å². The summed E-state index contributed by atoms with van der Waals surface area (Å²) in [5.41, 5.74) is 2.38. The molecule has 4 heterocycles. The van der Waals surface area contributed by atoms with Crippen LogP contribution in [0.4, 0.5) is 10.6 Å². The van der Waals surface area contributed by atoms with Crippen molar-refractivity contribution in [1.29, 1.82) is 0 Å². The van der Waals surface area contributed by atoms with Crippen molar-refractivity contribution in [3.8, 4) is 0 Å². The van der Waals surface area contributed by atoms with E-state index in [-0.39, 0.29) is 17.6 Å². The maximum atomic E-state index is 12.4. The Kier molecular flexibility index (Phi) is 8.99. The summed E-state index contributed by atoms with van der Waals surface area (Å²) in [5, 5.41) is 5.19. The molecule has 3 aliphatic heterocycles. The summed E-state index contributed by atoms with van der Waals surface area (Å²) >= 11 is 0. The monoisotopic (exact) mass is 533 g/mol. The molecule has 1 amide bonds. The van der Waals surface area contributed by atoms with Crippen LogP contribution in [0.25, 0.3) is 0 Å². The van der Waals surface area contributed by atoms with Gasteiger partial charge in [0, 0.05) is 62.0 Å². The molecule has 5 rings (SSSR count). The fourth-order valence-corrected chi connectivity index (χ4v) is 6.45. The Bertz CT molecular complexity index is 938. The molecular formula is C29H51N5O4. The van der Waals surface area contributed by atoms with E-state index in [1.807, 2.05) is 39.5 Å². The largest absolute Gasteiger partial charge is 0.444 e. The summed E-state index contributed by atoms with van der Waals surface area (Å²) in [6.07, 6.45) is 3.27. The quantitative estimate of drug-likeness (QED) is 0.555. The van der Waals surface area contributed by atoms with Crippen LogP contribution in [0.15, 0.2) is 0 Å². The third-order valence-electron chi connectivity index (χ3n) is 8.47. The number of ether oxygens (including phenoxy) is 3. The van der Waals surface area contributed by atoms with Crippen LogP contribution in [0.3, 0.4) is 0 Å². The van der Waals surface area contributed by atoms with E-state index in [4.69, 9.17) is 19.3 Å². The topological polar surface area (TPSA) is 72.3 Å². The van der Waals surface area contributed by atoms with Crippen LogP contribution in [0.1, 0.15) is 78.1 Å². The molecule has 1 saturated carbocycles. The molecule has 1 aliphatic carbocycles. The lowest BCUT2D eigenvalue weighted by Crippen LogP contribution is -2.64. The minimum absolute atomic E-state index is 0.183. The summed E-state index contributed by atoms with van der Waals surface area (Å²) in [5.74, 6) is 1.15. The van der Waals surface area contributed by atoms with Gasteiger partial charge in [0.05, 0.1) is 32.0 Å². The van der Waals surface area contributed by atoms with Crippen molar-refractivity contribution in [2.75, 3.05) is 64.0 Å². The summed E-state index contributed by atoms with van der Waals surface area (Å²) in [4.78, 5) is 19.3. The highest BCUT2D eigenvalue weighted by Crippen LogP contribution is 2.54. The second kappa shape index (κ2) is 11.7. The summed E-state index contributed by atoms with van der Waals surface area (Å²) in [6, 6.07) is 0.870. The van der Waals surface area contributed by atoms with E-state index in [0.717, 1.165) is 64.3 Å². The molecule has 0 bridgehead atoms. The fraction of sp³-hybridized carbons (Fsp3) is 0.862. The fourth-order valence-electron chi connectivity index (χ4n) is 6.45. The standard InChI is InChI=1S/C27H45N5O4.C2H6/c1-7-21-14-29(15-23-16-34-10-11-35-23)8-9-31(21)24-19(2)20(3)32(28-24)22-12-27(13-22)17-30(18-27)25(33)36-26(4,5)6;1-2/h21-23H,7-18H2,1-6H3;1-2H3. The van der Waals surface area contributed by atoms with Gasteiger partial charge in [-0.15, -0.1) is 0 Å². The first kappa shape index (κ1) is 29.2. The molecule has 3 saturated heterocycles. The van der Waals surface area contributed by atoms with Crippen molar-refractivity contribution in [2.24, 2.45) is 5.41 Å². The molecule has 2 atom stereocenters. The van der Waals surface area contributed by atoms with Crippen molar-refractivity contribution in [1.82, 2.24) is 19.6 Å². The first-order chi connectivity index (χ1) is 18.1. The van der Waals surface area contributed by atoms with E-state index < -0.39 is 5.60 Å². The molecule has 4 fully saturated rings. The average Bonchev–Trinajstić information content (AvgIpc) is 3.12. The number of likely N-dealkylation sites (tertiary alicyclic amines) is 1. The molecular weight excluding hydrogens is 482 g/mol. The normalized spacial score (nSPS) is 25.9. The molecule has 4 aliphatic rings. The highest BCUT2D eigenvalue weighted by Gasteiger charge is 2.55. The number of carbonyl (C=O) groups is 1. The van der Waals surface area contributed by atoms with Crippen molar-refractivity contribution < 1.29 is 19.0 Å². The van der Waals surface area contributed by atoms with E-state index in [1.54, 1.807) is 0 Å². The molecule has 9 nitrogen and oxygen atoms in total. The number of aromatic nitrogens is 2. The molecule has 38 heavy (non-hydrogen) atoms. The molecule has 216 valence electrons. The van der Waals surface area contributed by atoms with Gasteiger partial charge in [0.1, 0.15) is 5.60 Å². The molecule has 0 N–H and O–H groups in total. The second-order valence-electron chi connectivity index (χ2n) is 12.5. The predicted molar refractivity (Wildman–Crippen MR) is 150 cm³/mol. The van der Waals surface area contributed by atoms with Gasteiger partial charge in [-0.05, 0) is 53.9 Å². The summed E-state index contributed by atoms with van der Waals surface area (Å²) < 4.78 is 19.3. The summed E-state index contributed by atoms with van der Waals surface area (Å²) in [6.45, 7) is 24.2. The molecule has 0 aromatic carbocycles. The molecule has 1 spiro atoms. The van der Waals surface area contributed by atoms with Gasteiger partial charge in [-0.25, -0.2) is 4.79 Å². The predicted octanol–water partition coefficient (Wildman–Crippen LogP) is 4.41. The maximum Gasteiger partial charge on any atom is 0.410 e. The van der Waals surface area contributed by atoms with Gasteiger partial charge in [0.15, 0.2) is 5.82 Å². The van der Waals surface area contributed by atoms with Gasteiger partial charge in [0.2, 0.25) is 0 Å². The molecule has 0 radical (unpaired) electrons. The number of amides is 1. The number of hydrogen-bond donors (Lipinski definition) is 0. The van der Waals surface area contributed by atoms with Gasteiger partial charge in [-0.2, -0.15) is 5.10 Å². The Balaban J connectivity index is 0.00000164. The molecule has 9 heteroatoms. The SMILES string of the molecule is CC.CCC1CN(CC2COCCO2)CCN1c1nn(C2CC3(C2)CN(C(=O)OC(C)(C)C)C3)c(C)c1C. The van der Waals surface area contributed by atoms with E-state index in [2.05, 4.69) is 35.3 Å². The molecule has 1 aromatic heterocycles. The van der Waals surface area contributed by atoms with E-state index in [0.29, 0.717) is 31.9 Å². The highest BCUT2D eigenvalue weighted by atomic mass is 16.6. The Morgan fingerprint density at radius 3 is 2.45 bits per heavy atom. The van der Waals surface area contributed by atoms with Crippen LogP contribution in [-0.2, 0) is 14.2 Å². The van der Waals surface area contributed by atoms with Crippen molar-refractivity contribution in [3.63, 3.8) is 0 Å². The van der Waals surface area contributed by atoms with Crippen LogP contribution in [0.5, 0.6) is 0 Å². The Hall–Kier alpha value is -1.84. The number of piperazine rings is 1. The lowest BCUT2D eigenvalue weighted by molar-refractivity contribution is -0.0985. The van der Waals surface area contributed by atoms with E-state index in [1.165, 1.54) is 11.3 Å². The number of nitrogens with zero attached hydrogens (tertiary/aromatic N) is 5.